The standard InChI is InChI=1S/C16H32O3/c1-3-4-5-6-7-8-9-10-11-12-13-16(14-17)19-15-18-2/h14,16H,3-13,15H2,1-2H3/t16-/m1/s1. The Balaban J connectivity index is 3.18. The molecule has 19 heavy (non-hydrogen) atoms. The maximum atomic E-state index is 10.7. The van der Waals surface area contributed by atoms with Gasteiger partial charge in [0.15, 0.2) is 0 Å². The molecule has 0 amide bonds. The molecular formula is C16H32O3. The molecule has 0 bridgehead atoms. The number of carbonyl (C=O) groups is 1. The molecule has 0 spiro atoms. The number of ether oxygens (including phenoxy) is 2. The molecule has 3 nitrogen and oxygen atoms in total. The predicted octanol–water partition coefficient (Wildman–Crippen LogP) is 4.49. The molecule has 0 aromatic rings. The van der Waals surface area contributed by atoms with Gasteiger partial charge in [-0.1, -0.05) is 71.1 Å². The van der Waals surface area contributed by atoms with E-state index in [1.54, 1.807) is 7.11 Å². The molecule has 0 aromatic heterocycles. The average molecular weight is 272 g/mol. The van der Waals surface area contributed by atoms with Gasteiger partial charge in [0.25, 0.3) is 0 Å². The summed E-state index contributed by atoms with van der Waals surface area (Å²) in [4.78, 5) is 10.7. The van der Waals surface area contributed by atoms with E-state index in [0.29, 0.717) is 0 Å². The summed E-state index contributed by atoms with van der Waals surface area (Å²) in [6.07, 6.45) is 14.6. The van der Waals surface area contributed by atoms with Gasteiger partial charge in [0.05, 0.1) is 0 Å². The lowest BCUT2D eigenvalue weighted by Crippen LogP contribution is -2.15. The molecule has 0 saturated heterocycles. The molecule has 0 aliphatic carbocycles. The normalized spacial score (nSPS) is 12.5. The van der Waals surface area contributed by atoms with Crippen molar-refractivity contribution in [3.05, 3.63) is 0 Å². The van der Waals surface area contributed by atoms with Crippen LogP contribution in [0.2, 0.25) is 0 Å². The highest BCUT2D eigenvalue weighted by Crippen LogP contribution is 2.12. The molecule has 0 fully saturated rings. The minimum Gasteiger partial charge on any atom is -0.359 e. The third-order valence-corrected chi connectivity index (χ3v) is 3.39. The van der Waals surface area contributed by atoms with Crippen LogP contribution in [0.1, 0.15) is 77.6 Å². The highest BCUT2D eigenvalue weighted by molar-refractivity contribution is 5.55. The van der Waals surface area contributed by atoms with Crippen LogP contribution >= 0.6 is 0 Å². The molecule has 0 saturated carbocycles. The van der Waals surface area contributed by atoms with Gasteiger partial charge in [-0.25, -0.2) is 0 Å². The van der Waals surface area contributed by atoms with Gasteiger partial charge < -0.3 is 14.3 Å². The molecular weight excluding hydrogens is 240 g/mol. The molecule has 0 rings (SSSR count). The van der Waals surface area contributed by atoms with Gasteiger partial charge in [-0.2, -0.15) is 0 Å². The van der Waals surface area contributed by atoms with Crippen LogP contribution in [0.5, 0.6) is 0 Å². The number of rotatable bonds is 15. The molecule has 0 heterocycles. The van der Waals surface area contributed by atoms with Crippen LogP contribution in [0.3, 0.4) is 0 Å². The molecule has 0 unspecified atom stereocenters. The van der Waals surface area contributed by atoms with Gasteiger partial charge >= 0.3 is 0 Å². The van der Waals surface area contributed by atoms with Gasteiger partial charge in [-0.3, -0.25) is 0 Å². The summed E-state index contributed by atoms with van der Waals surface area (Å²) in [5.74, 6) is 0. The molecule has 114 valence electrons. The summed E-state index contributed by atoms with van der Waals surface area (Å²) < 4.78 is 10.0. The topological polar surface area (TPSA) is 35.5 Å². The Morgan fingerprint density at radius 3 is 1.89 bits per heavy atom. The third-order valence-electron chi connectivity index (χ3n) is 3.39. The lowest BCUT2D eigenvalue weighted by Gasteiger charge is -2.10. The van der Waals surface area contributed by atoms with E-state index in [2.05, 4.69) is 6.92 Å². The van der Waals surface area contributed by atoms with Crippen molar-refractivity contribution in [3.8, 4) is 0 Å². The van der Waals surface area contributed by atoms with Crippen LogP contribution in [0.4, 0.5) is 0 Å². The van der Waals surface area contributed by atoms with E-state index in [1.165, 1.54) is 57.8 Å². The number of aldehydes is 1. The second-order valence-electron chi connectivity index (χ2n) is 5.22. The van der Waals surface area contributed by atoms with Crippen molar-refractivity contribution >= 4 is 6.29 Å². The van der Waals surface area contributed by atoms with Crippen LogP contribution < -0.4 is 0 Å². The number of hydrogen-bond acceptors (Lipinski definition) is 3. The molecule has 0 N–H and O–H groups in total. The van der Waals surface area contributed by atoms with E-state index >= 15 is 0 Å². The zero-order valence-electron chi connectivity index (χ0n) is 12.9. The fraction of sp³-hybridized carbons (Fsp3) is 0.938. The lowest BCUT2D eigenvalue weighted by molar-refractivity contribution is -0.128. The van der Waals surface area contributed by atoms with Crippen LogP contribution in [0.15, 0.2) is 0 Å². The smallest absolute Gasteiger partial charge is 0.148 e. The Labute approximate surface area is 119 Å². The van der Waals surface area contributed by atoms with Gasteiger partial charge in [-0.05, 0) is 6.42 Å². The van der Waals surface area contributed by atoms with E-state index in [0.717, 1.165) is 19.1 Å². The minimum atomic E-state index is -0.283. The van der Waals surface area contributed by atoms with E-state index in [4.69, 9.17) is 9.47 Å². The average Bonchev–Trinajstić information content (AvgIpc) is 2.44. The van der Waals surface area contributed by atoms with Crippen molar-refractivity contribution in [3.63, 3.8) is 0 Å². The summed E-state index contributed by atoms with van der Waals surface area (Å²) in [5, 5.41) is 0. The zero-order valence-corrected chi connectivity index (χ0v) is 12.9. The Morgan fingerprint density at radius 2 is 1.42 bits per heavy atom. The maximum absolute atomic E-state index is 10.7. The van der Waals surface area contributed by atoms with Gasteiger partial charge in [0.2, 0.25) is 0 Å². The van der Waals surface area contributed by atoms with E-state index in [-0.39, 0.29) is 12.9 Å². The van der Waals surface area contributed by atoms with E-state index < -0.39 is 0 Å². The highest BCUT2D eigenvalue weighted by Gasteiger charge is 2.06. The summed E-state index contributed by atoms with van der Waals surface area (Å²) in [5.41, 5.74) is 0. The molecule has 3 heteroatoms. The van der Waals surface area contributed by atoms with Gasteiger partial charge in [0, 0.05) is 7.11 Å². The zero-order chi connectivity index (χ0) is 14.2. The Morgan fingerprint density at radius 1 is 0.895 bits per heavy atom. The molecule has 0 aliphatic rings. The quantitative estimate of drug-likeness (QED) is 0.250. The number of methoxy groups -OCH3 is 1. The van der Waals surface area contributed by atoms with Crippen LogP contribution in [-0.4, -0.2) is 26.3 Å². The van der Waals surface area contributed by atoms with Crippen molar-refractivity contribution < 1.29 is 14.3 Å². The van der Waals surface area contributed by atoms with Crippen molar-refractivity contribution in [1.82, 2.24) is 0 Å². The van der Waals surface area contributed by atoms with Gasteiger partial charge in [-0.15, -0.1) is 0 Å². The molecule has 0 aliphatic heterocycles. The minimum absolute atomic E-state index is 0.209. The summed E-state index contributed by atoms with van der Waals surface area (Å²) >= 11 is 0. The first-order valence-corrected chi connectivity index (χ1v) is 7.91. The Kier molecular flexibility index (Phi) is 15.3. The van der Waals surface area contributed by atoms with Gasteiger partial charge in [0.1, 0.15) is 19.2 Å². The number of hydrogen-bond donors (Lipinski definition) is 0. The second kappa shape index (κ2) is 15.6. The van der Waals surface area contributed by atoms with Crippen LogP contribution in [0.25, 0.3) is 0 Å². The molecule has 0 radical (unpaired) electrons. The number of unbranched alkanes of at least 4 members (excludes halogenated alkanes) is 9. The van der Waals surface area contributed by atoms with Crippen molar-refractivity contribution in [2.45, 2.75) is 83.7 Å². The van der Waals surface area contributed by atoms with E-state index in [1.807, 2.05) is 0 Å². The first-order valence-electron chi connectivity index (χ1n) is 7.91. The van der Waals surface area contributed by atoms with Crippen molar-refractivity contribution in [2.75, 3.05) is 13.9 Å². The largest absolute Gasteiger partial charge is 0.359 e. The highest BCUT2D eigenvalue weighted by atomic mass is 16.7. The lowest BCUT2D eigenvalue weighted by atomic mass is 10.0. The number of carbonyl (C=O) groups excluding carboxylic acids is 1. The van der Waals surface area contributed by atoms with Crippen LogP contribution in [-0.2, 0) is 14.3 Å². The van der Waals surface area contributed by atoms with E-state index in [9.17, 15) is 4.79 Å². The fourth-order valence-electron chi connectivity index (χ4n) is 2.18. The SMILES string of the molecule is CCCCCCCCCCCC[C@H](C=O)OCOC. The molecule has 1 atom stereocenters. The summed E-state index contributed by atoms with van der Waals surface area (Å²) in [7, 11) is 1.57. The summed E-state index contributed by atoms with van der Waals surface area (Å²) in [6, 6.07) is 0. The summed E-state index contributed by atoms with van der Waals surface area (Å²) in [6.45, 7) is 2.46. The second-order valence-corrected chi connectivity index (χ2v) is 5.22. The fourth-order valence-corrected chi connectivity index (χ4v) is 2.18. The predicted molar refractivity (Wildman–Crippen MR) is 79.3 cm³/mol. The van der Waals surface area contributed by atoms with Crippen LogP contribution in [0, 0.1) is 0 Å². The molecule has 0 aromatic carbocycles. The van der Waals surface area contributed by atoms with Crippen molar-refractivity contribution in [2.24, 2.45) is 0 Å². The first kappa shape index (κ1) is 18.6. The maximum Gasteiger partial charge on any atom is 0.148 e. The Bertz CT molecular complexity index is 183. The Hall–Kier alpha value is -0.410. The third kappa shape index (κ3) is 13.8. The first-order chi connectivity index (χ1) is 9.35. The van der Waals surface area contributed by atoms with Crippen molar-refractivity contribution in [1.29, 1.82) is 0 Å². The monoisotopic (exact) mass is 272 g/mol.